The molecule has 2 aliphatic rings. The smallest absolute Gasteiger partial charge is 0.217 e. The molecule has 3 aromatic carbocycles. The molecule has 4 nitrogen and oxygen atoms in total. The van der Waals surface area contributed by atoms with E-state index in [0.29, 0.717) is 15.6 Å². The SMILES string of the molecule is Cc1ccc(C2=NN3C(C2)c2cc(Cl)ccc2OC3c2cc(Cl)ccc2O)cc1. The summed E-state index contributed by atoms with van der Waals surface area (Å²) in [5, 5.41) is 18.5. The Bertz CT molecular complexity index is 1130. The number of ether oxygens (including phenoxy) is 1. The van der Waals surface area contributed by atoms with Gasteiger partial charge in [-0.05, 0) is 48.9 Å². The first-order chi connectivity index (χ1) is 14.0. The lowest BCUT2D eigenvalue weighted by atomic mass is 9.95. The molecule has 0 aliphatic carbocycles. The maximum Gasteiger partial charge on any atom is 0.217 e. The summed E-state index contributed by atoms with van der Waals surface area (Å²) in [6.45, 7) is 2.06. The monoisotopic (exact) mass is 424 g/mol. The van der Waals surface area contributed by atoms with Crippen LogP contribution in [0.25, 0.3) is 0 Å². The molecule has 3 aromatic rings. The van der Waals surface area contributed by atoms with Crippen LogP contribution in [0.1, 0.15) is 40.9 Å². The van der Waals surface area contributed by atoms with Crippen molar-refractivity contribution >= 4 is 28.9 Å². The predicted octanol–water partition coefficient (Wildman–Crippen LogP) is 6.25. The van der Waals surface area contributed by atoms with E-state index in [-0.39, 0.29) is 11.8 Å². The number of phenols is 1. The third-order valence-electron chi connectivity index (χ3n) is 5.39. The second-order valence-corrected chi connectivity index (χ2v) is 8.24. The molecule has 0 amide bonds. The van der Waals surface area contributed by atoms with E-state index in [9.17, 15) is 5.11 Å². The molecule has 0 radical (unpaired) electrons. The Labute approximate surface area is 178 Å². The van der Waals surface area contributed by atoms with Gasteiger partial charge in [0.1, 0.15) is 11.5 Å². The van der Waals surface area contributed by atoms with Gasteiger partial charge in [-0.15, -0.1) is 0 Å². The molecule has 2 atom stereocenters. The van der Waals surface area contributed by atoms with Gasteiger partial charge in [-0.1, -0.05) is 53.0 Å². The van der Waals surface area contributed by atoms with Crippen LogP contribution < -0.4 is 4.74 Å². The van der Waals surface area contributed by atoms with E-state index in [2.05, 4.69) is 31.2 Å². The van der Waals surface area contributed by atoms with E-state index >= 15 is 0 Å². The van der Waals surface area contributed by atoms with Gasteiger partial charge in [0.05, 0.1) is 17.3 Å². The Balaban J connectivity index is 1.63. The summed E-state index contributed by atoms with van der Waals surface area (Å²) in [4.78, 5) is 0. The van der Waals surface area contributed by atoms with Crippen LogP contribution >= 0.6 is 23.2 Å². The van der Waals surface area contributed by atoms with Gasteiger partial charge in [0.25, 0.3) is 0 Å². The Morgan fingerprint density at radius 2 is 1.66 bits per heavy atom. The Hall–Kier alpha value is -2.69. The number of nitrogens with zero attached hydrogens (tertiary/aromatic N) is 2. The van der Waals surface area contributed by atoms with E-state index < -0.39 is 6.23 Å². The summed E-state index contributed by atoms with van der Waals surface area (Å²) in [6, 6.07) is 18.8. The fraction of sp³-hybridized carbons (Fsp3) is 0.174. The predicted molar refractivity (Wildman–Crippen MR) is 115 cm³/mol. The third-order valence-corrected chi connectivity index (χ3v) is 5.86. The first-order valence-corrected chi connectivity index (χ1v) is 10.1. The molecular weight excluding hydrogens is 407 g/mol. The van der Waals surface area contributed by atoms with Gasteiger partial charge < -0.3 is 9.84 Å². The lowest BCUT2D eigenvalue weighted by Gasteiger charge is -2.38. The molecule has 29 heavy (non-hydrogen) atoms. The minimum absolute atomic E-state index is 0.0443. The van der Waals surface area contributed by atoms with Crippen LogP contribution in [0.2, 0.25) is 10.0 Å². The van der Waals surface area contributed by atoms with Gasteiger partial charge in [-0.3, -0.25) is 0 Å². The van der Waals surface area contributed by atoms with Gasteiger partial charge in [-0.2, -0.15) is 5.10 Å². The van der Waals surface area contributed by atoms with Crippen LogP contribution in [0.15, 0.2) is 65.8 Å². The van der Waals surface area contributed by atoms with E-state index in [4.69, 9.17) is 33.0 Å². The Morgan fingerprint density at radius 1 is 0.966 bits per heavy atom. The van der Waals surface area contributed by atoms with E-state index in [1.54, 1.807) is 18.2 Å². The van der Waals surface area contributed by atoms with Crippen molar-refractivity contribution in [2.75, 3.05) is 0 Å². The van der Waals surface area contributed by atoms with Crippen molar-refractivity contribution in [3.05, 3.63) is 93.0 Å². The molecule has 0 saturated carbocycles. The molecule has 5 rings (SSSR count). The molecule has 0 fully saturated rings. The summed E-state index contributed by atoms with van der Waals surface area (Å²) >= 11 is 12.5. The molecule has 0 spiro atoms. The first-order valence-electron chi connectivity index (χ1n) is 9.37. The fourth-order valence-electron chi connectivity index (χ4n) is 3.91. The number of rotatable bonds is 2. The highest BCUT2D eigenvalue weighted by Gasteiger charge is 2.42. The maximum atomic E-state index is 10.5. The van der Waals surface area contributed by atoms with Crippen molar-refractivity contribution in [2.24, 2.45) is 5.10 Å². The van der Waals surface area contributed by atoms with Gasteiger partial charge >= 0.3 is 0 Å². The van der Waals surface area contributed by atoms with E-state index in [1.165, 1.54) is 5.56 Å². The van der Waals surface area contributed by atoms with Crippen LogP contribution in [-0.2, 0) is 0 Å². The lowest BCUT2D eigenvalue weighted by molar-refractivity contribution is -0.0203. The number of aromatic hydroxyl groups is 1. The number of fused-ring (bicyclic) bond motifs is 3. The lowest BCUT2D eigenvalue weighted by Crippen LogP contribution is -2.33. The van der Waals surface area contributed by atoms with Crippen molar-refractivity contribution in [1.82, 2.24) is 5.01 Å². The number of hydrazone groups is 1. The minimum atomic E-state index is -0.588. The number of hydrogen-bond acceptors (Lipinski definition) is 4. The van der Waals surface area contributed by atoms with Crippen LogP contribution in [-0.4, -0.2) is 15.8 Å². The second-order valence-electron chi connectivity index (χ2n) is 7.37. The van der Waals surface area contributed by atoms with Gasteiger partial charge in [0.2, 0.25) is 6.23 Å². The normalized spacial score (nSPS) is 20.0. The summed E-state index contributed by atoms with van der Waals surface area (Å²) in [7, 11) is 0. The zero-order valence-corrected chi connectivity index (χ0v) is 17.2. The van der Waals surface area contributed by atoms with Gasteiger partial charge in [0, 0.05) is 22.0 Å². The van der Waals surface area contributed by atoms with Gasteiger partial charge in [-0.25, -0.2) is 5.01 Å². The highest BCUT2D eigenvalue weighted by atomic mass is 35.5. The van der Waals surface area contributed by atoms with Crippen molar-refractivity contribution < 1.29 is 9.84 Å². The maximum absolute atomic E-state index is 10.5. The van der Waals surface area contributed by atoms with Gasteiger partial charge in [0.15, 0.2) is 0 Å². The number of aryl methyl sites for hydroxylation is 1. The number of benzene rings is 3. The number of halogens is 2. The quantitative estimate of drug-likeness (QED) is 0.528. The molecule has 2 aliphatic heterocycles. The summed E-state index contributed by atoms with van der Waals surface area (Å²) in [5.74, 6) is 0.856. The molecular formula is C23H18Cl2N2O2. The first kappa shape index (κ1) is 18.3. The molecule has 146 valence electrons. The second kappa shape index (κ2) is 6.97. The third kappa shape index (κ3) is 3.22. The van der Waals surface area contributed by atoms with Crippen LogP contribution in [0.4, 0.5) is 0 Å². The molecule has 0 bridgehead atoms. The highest BCUT2D eigenvalue weighted by molar-refractivity contribution is 6.31. The molecule has 2 heterocycles. The van der Waals surface area contributed by atoms with E-state index in [1.807, 2.05) is 23.2 Å². The van der Waals surface area contributed by atoms with Crippen molar-refractivity contribution in [1.29, 1.82) is 0 Å². The fourth-order valence-corrected chi connectivity index (χ4v) is 4.27. The molecule has 1 N–H and O–H groups in total. The van der Waals surface area contributed by atoms with Crippen molar-refractivity contribution in [3.63, 3.8) is 0 Å². The van der Waals surface area contributed by atoms with Crippen LogP contribution in [0, 0.1) is 6.92 Å². The van der Waals surface area contributed by atoms with E-state index in [0.717, 1.165) is 29.0 Å². The number of phenolic OH excluding ortho intramolecular Hbond substituents is 1. The minimum Gasteiger partial charge on any atom is -0.507 e. The standard InChI is InChI=1S/C23H18Cl2N2O2/c1-13-2-4-14(5-3-13)19-12-20-17-10-16(25)7-9-22(17)29-23(27(20)26-19)18-11-15(24)6-8-21(18)28/h2-11,20,23,28H,12H2,1H3. The molecule has 6 heteroatoms. The van der Waals surface area contributed by atoms with Crippen molar-refractivity contribution in [3.8, 4) is 11.5 Å². The highest BCUT2D eigenvalue weighted by Crippen LogP contribution is 2.49. The average molecular weight is 425 g/mol. The summed E-state index contributed by atoms with van der Waals surface area (Å²) in [6.07, 6.45) is 0.132. The topological polar surface area (TPSA) is 45.1 Å². The zero-order valence-electron chi connectivity index (χ0n) is 15.6. The van der Waals surface area contributed by atoms with Crippen LogP contribution in [0.5, 0.6) is 11.5 Å². The van der Waals surface area contributed by atoms with Crippen LogP contribution in [0.3, 0.4) is 0 Å². The van der Waals surface area contributed by atoms with Crippen molar-refractivity contribution in [2.45, 2.75) is 25.6 Å². The average Bonchev–Trinajstić information content (AvgIpc) is 3.16. The summed E-state index contributed by atoms with van der Waals surface area (Å²) < 4.78 is 6.27. The zero-order chi connectivity index (χ0) is 20.1. The molecule has 0 saturated heterocycles. The number of hydrogen-bond donors (Lipinski definition) is 1. The molecule has 0 aromatic heterocycles. The summed E-state index contributed by atoms with van der Waals surface area (Å²) in [5.41, 5.74) is 4.81. The molecule has 2 unspecified atom stereocenters. The Morgan fingerprint density at radius 3 is 2.41 bits per heavy atom. The Kier molecular flexibility index (Phi) is 4.41. The largest absolute Gasteiger partial charge is 0.507 e.